The lowest BCUT2D eigenvalue weighted by Gasteiger charge is -2.29. The number of rotatable bonds is 12. The summed E-state index contributed by atoms with van der Waals surface area (Å²) >= 11 is 0. The third-order valence-corrected chi connectivity index (χ3v) is 14.5. The van der Waals surface area contributed by atoms with Gasteiger partial charge in [0.15, 0.2) is 10.7 Å². The number of carbonyl (C=O) groups is 4. The highest BCUT2D eigenvalue weighted by molar-refractivity contribution is 7.91. The highest BCUT2D eigenvalue weighted by Gasteiger charge is 2.61. The molecule has 59 heavy (non-hydrogen) atoms. The highest BCUT2D eigenvalue weighted by atomic mass is 32.2. The van der Waals surface area contributed by atoms with Gasteiger partial charge in [0.25, 0.3) is 5.69 Å². The third kappa shape index (κ3) is 9.06. The van der Waals surface area contributed by atoms with Gasteiger partial charge in [0, 0.05) is 37.0 Å². The van der Waals surface area contributed by atoms with Crippen molar-refractivity contribution in [3.8, 4) is 5.88 Å². The Morgan fingerprint density at radius 3 is 2.61 bits per heavy atom. The molecule has 3 heterocycles. The number of nitrogens with one attached hydrogen (secondary N) is 2. The summed E-state index contributed by atoms with van der Waals surface area (Å²) in [6.07, 6.45) is 6.80. The summed E-state index contributed by atoms with van der Waals surface area (Å²) < 4.78 is 68.8. The van der Waals surface area contributed by atoms with E-state index >= 15 is 0 Å². The normalized spacial score (nSPS) is 25.6. The number of nitro benzene ring substituents is 1. The molecule has 0 radical (unpaired) electrons. The zero-order valence-electron chi connectivity index (χ0n) is 31.9. The molecule has 1 saturated heterocycles. The van der Waals surface area contributed by atoms with Crippen LogP contribution in [-0.2, 0) is 44.0 Å². The summed E-state index contributed by atoms with van der Waals surface area (Å²) in [5.74, 6) is -4.82. The number of cyclic esters (lactones) is 1. The standard InChI is InChI=1S/C40H43N5O12S2/c1-2-28-21-40(28,39(49)43-58(52,53)30-13-14-30)22-34(46)33-20-29-24-44(33)38(48)27(23-42-59(54,55)35-10-6-5-9-32(35)45(50)51)19-36(47)56-17-7-3-4-8-25-11-12-26-15-16-41-37(57-29)31(26)18-25/h2,4-6,8-12,15-16,18,27-30,33,42H,1,3,7,13-14,17,19-24H2,(H,43,49)/b8-4+/t27-,28+,29+,33-,40+/m0/s1. The average molecular weight is 850 g/mol. The number of para-hydroxylation sites is 1. The second-order valence-corrected chi connectivity index (χ2v) is 19.0. The first kappa shape index (κ1) is 41.6. The maximum atomic E-state index is 14.7. The number of ether oxygens (including phenoxy) is 2. The Bertz CT molecular complexity index is 2470. The van der Waals surface area contributed by atoms with Gasteiger partial charge in [-0.3, -0.25) is 34.0 Å². The van der Waals surface area contributed by atoms with Crippen LogP contribution < -0.4 is 14.2 Å². The fourth-order valence-corrected chi connectivity index (χ4v) is 10.4. The predicted molar refractivity (Wildman–Crippen MR) is 212 cm³/mol. The number of Topliss-reactive ketones (excluding diaryl/α,β-unsaturated/α-hetero) is 1. The van der Waals surface area contributed by atoms with Crippen LogP contribution in [0.5, 0.6) is 5.88 Å². The van der Waals surface area contributed by atoms with E-state index in [1.54, 1.807) is 6.20 Å². The van der Waals surface area contributed by atoms with Crippen molar-refractivity contribution in [2.75, 3.05) is 19.7 Å². The number of nitrogens with zero attached hydrogens (tertiary/aromatic N) is 3. The van der Waals surface area contributed by atoms with Crippen molar-refractivity contribution in [3.05, 3.63) is 89.1 Å². The molecular weight excluding hydrogens is 807 g/mol. The van der Waals surface area contributed by atoms with Crippen LogP contribution in [0, 0.1) is 27.4 Å². The smallest absolute Gasteiger partial charge is 0.306 e. The minimum absolute atomic E-state index is 0.0103. The number of nitro groups is 1. The van der Waals surface area contributed by atoms with Crippen LogP contribution in [0.1, 0.15) is 56.9 Å². The maximum absolute atomic E-state index is 14.7. The predicted octanol–water partition coefficient (Wildman–Crippen LogP) is 3.59. The molecule has 19 heteroatoms. The van der Waals surface area contributed by atoms with Gasteiger partial charge >= 0.3 is 5.97 Å². The molecule has 3 fully saturated rings. The third-order valence-electron chi connectivity index (χ3n) is 11.2. The molecule has 17 nitrogen and oxygen atoms in total. The van der Waals surface area contributed by atoms with Crippen LogP contribution in [0.25, 0.3) is 16.8 Å². The molecular formula is C40H43N5O12S2. The molecule has 312 valence electrons. The molecule has 3 aromatic rings. The van der Waals surface area contributed by atoms with E-state index in [4.69, 9.17) is 9.47 Å². The van der Waals surface area contributed by atoms with E-state index < -0.39 is 113 Å². The fourth-order valence-electron chi connectivity index (χ4n) is 7.73. The second kappa shape index (κ2) is 16.6. The van der Waals surface area contributed by atoms with Gasteiger partial charge in [0.05, 0.1) is 47.1 Å². The summed E-state index contributed by atoms with van der Waals surface area (Å²) in [5.41, 5.74) is -1.29. The summed E-state index contributed by atoms with van der Waals surface area (Å²) in [5, 5.41) is 12.5. The zero-order valence-corrected chi connectivity index (χ0v) is 33.5. The Morgan fingerprint density at radius 1 is 1.10 bits per heavy atom. The van der Waals surface area contributed by atoms with E-state index in [9.17, 15) is 46.1 Å². The topological polar surface area (TPSA) is 238 Å². The van der Waals surface area contributed by atoms with Gasteiger partial charge in [-0.25, -0.2) is 26.5 Å². The van der Waals surface area contributed by atoms with Gasteiger partial charge in [-0.15, -0.1) is 6.58 Å². The first-order valence-electron chi connectivity index (χ1n) is 19.2. The van der Waals surface area contributed by atoms with E-state index in [1.807, 2.05) is 36.4 Å². The van der Waals surface area contributed by atoms with Crippen molar-refractivity contribution in [3.63, 3.8) is 0 Å². The lowest BCUT2D eigenvalue weighted by molar-refractivity contribution is -0.387. The maximum Gasteiger partial charge on any atom is 0.306 e. The van der Waals surface area contributed by atoms with E-state index in [0.717, 1.165) is 23.1 Å². The molecule has 0 spiro atoms. The Labute approximate surface area is 340 Å². The van der Waals surface area contributed by atoms with Crippen molar-refractivity contribution in [1.29, 1.82) is 0 Å². The summed E-state index contributed by atoms with van der Waals surface area (Å²) in [7, 11) is -8.58. The number of aromatic nitrogens is 1. The number of benzene rings is 2. The molecule has 2 aliphatic carbocycles. The molecule has 2 aliphatic heterocycles. The molecule has 4 bridgehead atoms. The summed E-state index contributed by atoms with van der Waals surface area (Å²) in [6, 6.07) is 10.9. The Hall–Kier alpha value is -5.53. The minimum atomic E-state index is -4.62. The van der Waals surface area contributed by atoms with Crippen LogP contribution >= 0.6 is 0 Å². The molecule has 2 aromatic carbocycles. The number of hydrogen-bond acceptors (Lipinski definition) is 13. The van der Waals surface area contributed by atoms with Gasteiger partial charge in [0.1, 0.15) is 6.10 Å². The minimum Gasteiger partial charge on any atom is -0.472 e. The molecule has 1 aromatic heterocycles. The second-order valence-electron chi connectivity index (χ2n) is 15.3. The number of ketones is 1. The van der Waals surface area contributed by atoms with E-state index in [0.29, 0.717) is 31.1 Å². The summed E-state index contributed by atoms with van der Waals surface area (Å²) in [4.78, 5) is 71.8. The van der Waals surface area contributed by atoms with Gasteiger partial charge in [-0.1, -0.05) is 42.5 Å². The summed E-state index contributed by atoms with van der Waals surface area (Å²) in [6.45, 7) is 2.84. The van der Waals surface area contributed by atoms with Crippen molar-refractivity contribution in [1.82, 2.24) is 19.3 Å². The van der Waals surface area contributed by atoms with Crippen molar-refractivity contribution >= 4 is 66.1 Å². The largest absolute Gasteiger partial charge is 0.472 e. The van der Waals surface area contributed by atoms with E-state index in [2.05, 4.69) is 21.0 Å². The van der Waals surface area contributed by atoms with Crippen molar-refractivity contribution < 1.29 is 50.4 Å². The van der Waals surface area contributed by atoms with Gasteiger partial charge in [-0.2, -0.15) is 0 Å². The first-order chi connectivity index (χ1) is 28.1. The van der Waals surface area contributed by atoms with Gasteiger partial charge in [0.2, 0.25) is 37.7 Å². The number of allylic oxidation sites excluding steroid dienone is 2. The number of hydrogen-bond donors (Lipinski definition) is 2. The molecule has 2 N–H and O–H groups in total. The van der Waals surface area contributed by atoms with Crippen LogP contribution in [0.15, 0.2) is 78.4 Å². The highest BCUT2D eigenvalue weighted by Crippen LogP contribution is 2.57. The van der Waals surface area contributed by atoms with E-state index in [1.165, 1.54) is 23.1 Å². The van der Waals surface area contributed by atoms with Crippen LogP contribution in [0.2, 0.25) is 0 Å². The van der Waals surface area contributed by atoms with Gasteiger partial charge < -0.3 is 14.4 Å². The fraction of sp³-hybridized carbons (Fsp3) is 0.425. The SMILES string of the molecule is C=C[C@@H]1C[C@]1(CC(=O)[C@@H]1C[C@@H]2CN1C(=O)[C@H](CNS(=O)(=O)c1ccccc1[N+](=O)[O-])CC(=O)OCCC/C=C/c1ccc3ccnc(c3c1)O2)C(=O)NS(=O)(=O)C1CC1. The quantitative estimate of drug-likeness (QED) is 0.115. The Morgan fingerprint density at radius 2 is 1.88 bits per heavy atom. The molecule has 2 amide bonds. The Kier molecular flexibility index (Phi) is 11.7. The first-order valence-corrected chi connectivity index (χ1v) is 22.3. The van der Waals surface area contributed by atoms with Crippen LogP contribution in [0.4, 0.5) is 5.69 Å². The number of pyridine rings is 1. The zero-order chi connectivity index (χ0) is 42.1. The molecule has 2 saturated carbocycles. The van der Waals surface area contributed by atoms with E-state index in [-0.39, 0.29) is 31.9 Å². The molecule has 5 atom stereocenters. The number of sulfonamides is 2. The lowest BCUT2D eigenvalue weighted by Crippen LogP contribution is -2.48. The van der Waals surface area contributed by atoms with Crippen LogP contribution in [-0.4, -0.2) is 92.3 Å². The number of fused-ring (bicyclic) bond motifs is 3. The average Bonchev–Trinajstić information content (AvgIpc) is 4.14. The number of esters is 1. The van der Waals surface area contributed by atoms with Crippen molar-refractivity contribution in [2.24, 2.45) is 17.3 Å². The number of amides is 2. The molecule has 7 rings (SSSR count). The van der Waals surface area contributed by atoms with Gasteiger partial charge in [-0.05, 0) is 67.2 Å². The molecule has 4 aliphatic rings. The molecule has 0 unspecified atom stereocenters. The number of carbonyl (C=O) groups excluding carboxylic acids is 4. The monoisotopic (exact) mass is 849 g/mol. The lowest BCUT2D eigenvalue weighted by atomic mass is 9.91. The van der Waals surface area contributed by atoms with Crippen molar-refractivity contribution in [2.45, 2.75) is 73.7 Å². The Balaban J connectivity index is 1.22. The van der Waals surface area contributed by atoms with Crippen LogP contribution in [0.3, 0.4) is 0 Å².